The smallest absolute Gasteiger partial charge is 0.264 e. The van der Waals surface area contributed by atoms with Crippen molar-refractivity contribution < 1.29 is 23.1 Å². The number of amides is 1. The van der Waals surface area contributed by atoms with Gasteiger partial charge in [-0.15, -0.1) is 0 Å². The standard InChI is InChI=1S/C39H43ClN4O5S/c1-25-5-3-15-39(46,20-27-13-16-42-32(17-27)21-41)34-10-7-30(34)22-44-23-38(14-4-6-28-18-31(40)9-11-33(28)38)24-49-36-12-8-29(19-35(36)44)37(45)43-50(47,48)26(25)2/h3,8-9,11-13,15-19,25-26,30,34,46H,4-7,10,14,20,22-24H2,1-2H3,(H,43,45)/b15-3+/t25-,26+,30-,34+,38+,39-/m0/s1. The normalized spacial score (nSPS) is 31.1. The number of pyridine rings is 1. The second kappa shape index (κ2) is 13.3. The summed E-state index contributed by atoms with van der Waals surface area (Å²) in [7, 11) is -4.02. The van der Waals surface area contributed by atoms with E-state index in [-0.39, 0.29) is 28.7 Å². The Morgan fingerprint density at radius 2 is 2.00 bits per heavy atom. The Bertz CT molecular complexity index is 2000. The van der Waals surface area contributed by atoms with Crippen molar-refractivity contribution >= 4 is 33.2 Å². The number of hydrogen-bond donors (Lipinski definition) is 2. The third kappa shape index (κ3) is 6.52. The molecule has 3 heterocycles. The van der Waals surface area contributed by atoms with Crippen LogP contribution in [0.15, 0.2) is 66.9 Å². The quantitative estimate of drug-likeness (QED) is 0.304. The number of fused-ring (bicyclic) bond motifs is 4. The SMILES string of the molecule is C[C@@H]1[C@@H](C)C/C=C/[C@](O)(Cc2ccnc(C#N)c2)[C@@H]2CC[C@H]2CN2C[C@]3(CCCc4cc(Cl)ccc43)COc3ccc(cc32)C(=O)NS1(=O)=O. The first-order chi connectivity index (χ1) is 23.9. The number of nitriles is 1. The van der Waals surface area contributed by atoms with Gasteiger partial charge in [0.1, 0.15) is 17.5 Å². The number of carbonyl (C=O) groups is 1. The Kier molecular flexibility index (Phi) is 9.21. The van der Waals surface area contributed by atoms with Crippen LogP contribution in [0.25, 0.3) is 0 Å². The van der Waals surface area contributed by atoms with E-state index >= 15 is 0 Å². The maximum absolute atomic E-state index is 13.5. The summed E-state index contributed by atoms with van der Waals surface area (Å²) in [6, 6.07) is 16.9. The molecule has 1 saturated carbocycles. The van der Waals surface area contributed by atoms with Gasteiger partial charge in [0.05, 0.1) is 23.1 Å². The number of nitrogens with zero attached hydrogens (tertiary/aromatic N) is 3. The number of rotatable bonds is 2. The number of hydrogen-bond acceptors (Lipinski definition) is 8. The van der Waals surface area contributed by atoms with Gasteiger partial charge in [-0.1, -0.05) is 36.7 Å². The Hall–Kier alpha value is -3.91. The van der Waals surface area contributed by atoms with Gasteiger partial charge < -0.3 is 14.7 Å². The van der Waals surface area contributed by atoms with Gasteiger partial charge in [0.15, 0.2) is 0 Å². The van der Waals surface area contributed by atoms with Gasteiger partial charge in [-0.2, -0.15) is 5.26 Å². The minimum Gasteiger partial charge on any atom is -0.490 e. The molecule has 9 nitrogen and oxygen atoms in total. The first-order valence-electron chi connectivity index (χ1n) is 17.5. The number of anilines is 1. The lowest BCUT2D eigenvalue weighted by Crippen LogP contribution is -2.53. The molecule has 6 atom stereocenters. The predicted molar refractivity (Wildman–Crippen MR) is 193 cm³/mol. The van der Waals surface area contributed by atoms with E-state index in [1.165, 1.54) is 11.1 Å². The molecule has 2 aliphatic carbocycles. The highest BCUT2D eigenvalue weighted by molar-refractivity contribution is 7.90. The summed E-state index contributed by atoms with van der Waals surface area (Å²) in [5.74, 6) is -0.361. The lowest BCUT2D eigenvalue weighted by atomic mass is 9.62. The molecular formula is C39H43ClN4O5S. The number of allylic oxidation sites excluding steroid dienone is 1. The van der Waals surface area contributed by atoms with Crippen molar-refractivity contribution in [2.24, 2.45) is 17.8 Å². The van der Waals surface area contributed by atoms with Crippen molar-refractivity contribution in [2.45, 2.75) is 75.1 Å². The average Bonchev–Trinajstić information content (AvgIpc) is 3.22. The molecule has 1 aromatic heterocycles. The van der Waals surface area contributed by atoms with E-state index in [1.807, 2.05) is 31.2 Å². The number of aryl methyl sites for hydroxylation is 1. The molecule has 2 bridgehead atoms. The number of benzene rings is 2. The third-order valence-corrected chi connectivity index (χ3v) is 13.8. The van der Waals surface area contributed by atoms with E-state index in [9.17, 15) is 23.6 Å². The van der Waals surface area contributed by atoms with Gasteiger partial charge in [-0.3, -0.25) is 4.79 Å². The van der Waals surface area contributed by atoms with Crippen LogP contribution in [-0.2, 0) is 28.3 Å². The van der Waals surface area contributed by atoms with Gasteiger partial charge in [0.2, 0.25) is 10.0 Å². The Morgan fingerprint density at radius 1 is 1.16 bits per heavy atom. The molecule has 1 fully saturated rings. The fourth-order valence-corrected chi connectivity index (χ4v) is 10.0. The molecular weight excluding hydrogens is 672 g/mol. The van der Waals surface area contributed by atoms with E-state index in [2.05, 4.69) is 32.8 Å². The highest BCUT2D eigenvalue weighted by Gasteiger charge is 2.48. The zero-order valence-corrected chi connectivity index (χ0v) is 30.0. The molecule has 262 valence electrons. The van der Waals surface area contributed by atoms with Gasteiger partial charge in [-0.05, 0) is 122 Å². The van der Waals surface area contributed by atoms with Gasteiger partial charge in [0, 0.05) is 41.7 Å². The first kappa shape index (κ1) is 34.5. The second-order valence-electron chi connectivity index (χ2n) is 14.9. The van der Waals surface area contributed by atoms with Crippen LogP contribution in [0.4, 0.5) is 5.69 Å². The first-order valence-corrected chi connectivity index (χ1v) is 19.4. The van der Waals surface area contributed by atoms with Gasteiger partial charge in [-0.25, -0.2) is 18.1 Å². The Morgan fingerprint density at radius 3 is 2.78 bits per heavy atom. The Labute approximate surface area is 299 Å². The molecule has 2 aliphatic heterocycles. The van der Waals surface area contributed by atoms with E-state index in [4.69, 9.17) is 16.3 Å². The zero-order chi connectivity index (χ0) is 35.3. The number of sulfonamides is 1. The van der Waals surface area contributed by atoms with Crippen LogP contribution in [0, 0.1) is 29.1 Å². The summed E-state index contributed by atoms with van der Waals surface area (Å²) in [6.07, 6.45) is 10.6. The number of ether oxygens (including phenoxy) is 1. The van der Waals surface area contributed by atoms with E-state index in [1.54, 1.807) is 37.4 Å². The fourth-order valence-electron chi connectivity index (χ4n) is 8.54. The lowest BCUT2D eigenvalue weighted by molar-refractivity contribution is -0.0447. The molecule has 4 aliphatic rings. The van der Waals surface area contributed by atoms with Crippen LogP contribution in [0.2, 0.25) is 5.02 Å². The molecule has 50 heavy (non-hydrogen) atoms. The number of halogens is 1. The molecule has 1 spiro atoms. The number of aliphatic hydroxyl groups is 1. The molecule has 3 aromatic rings. The molecule has 11 heteroatoms. The van der Waals surface area contributed by atoms with Crippen molar-refractivity contribution in [1.29, 1.82) is 5.26 Å². The topological polar surface area (TPSA) is 133 Å². The highest BCUT2D eigenvalue weighted by atomic mass is 35.5. The predicted octanol–water partition coefficient (Wildman–Crippen LogP) is 6.12. The summed E-state index contributed by atoms with van der Waals surface area (Å²) < 4.78 is 35.9. The molecule has 2 aromatic carbocycles. The summed E-state index contributed by atoms with van der Waals surface area (Å²) in [5, 5.41) is 21.9. The fraction of sp³-hybridized carbons (Fsp3) is 0.462. The molecule has 0 radical (unpaired) electrons. The number of carbonyl (C=O) groups excluding carboxylic acids is 1. The zero-order valence-electron chi connectivity index (χ0n) is 28.4. The molecule has 2 N–H and O–H groups in total. The van der Waals surface area contributed by atoms with Crippen LogP contribution >= 0.6 is 11.6 Å². The van der Waals surface area contributed by atoms with Crippen molar-refractivity contribution in [3.05, 3.63) is 99.9 Å². The van der Waals surface area contributed by atoms with Crippen molar-refractivity contribution in [1.82, 2.24) is 9.71 Å². The van der Waals surface area contributed by atoms with E-state index < -0.39 is 26.8 Å². The number of aromatic nitrogens is 1. The number of nitrogens with one attached hydrogen (secondary N) is 1. The summed E-state index contributed by atoms with van der Waals surface area (Å²) in [4.78, 5) is 20.0. The molecule has 7 rings (SSSR count). The molecule has 0 unspecified atom stereocenters. The maximum atomic E-state index is 13.5. The minimum absolute atomic E-state index is 0.102. The maximum Gasteiger partial charge on any atom is 0.264 e. The van der Waals surface area contributed by atoms with E-state index in [0.29, 0.717) is 49.0 Å². The summed E-state index contributed by atoms with van der Waals surface area (Å²) in [5.41, 5.74) is 2.93. The van der Waals surface area contributed by atoms with Crippen LogP contribution in [-0.4, -0.2) is 55.0 Å². The van der Waals surface area contributed by atoms with Crippen LogP contribution in [0.5, 0.6) is 5.75 Å². The van der Waals surface area contributed by atoms with Crippen LogP contribution < -0.4 is 14.4 Å². The molecule has 1 amide bonds. The van der Waals surface area contributed by atoms with Gasteiger partial charge in [0.25, 0.3) is 5.91 Å². The van der Waals surface area contributed by atoms with Crippen molar-refractivity contribution in [3.63, 3.8) is 0 Å². The average molecular weight is 715 g/mol. The van der Waals surface area contributed by atoms with Crippen molar-refractivity contribution in [3.8, 4) is 11.8 Å². The molecule has 0 saturated heterocycles. The minimum atomic E-state index is -4.02. The monoisotopic (exact) mass is 714 g/mol. The highest BCUT2D eigenvalue weighted by Crippen LogP contribution is 2.49. The van der Waals surface area contributed by atoms with Gasteiger partial charge >= 0.3 is 0 Å². The second-order valence-corrected chi connectivity index (χ2v) is 17.3. The third-order valence-electron chi connectivity index (χ3n) is 11.7. The van der Waals surface area contributed by atoms with Crippen LogP contribution in [0.1, 0.15) is 78.7 Å². The summed E-state index contributed by atoms with van der Waals surface area (Å²) >= 11 is 6.45. The Balaban J connectivity index is 1.32. The lowest BCUT2D eigenvalue weighted by Gasteiger charge is -2.49. The largest absolute Gasteiger partial charge is 0.490 e. The van der Waals surface area contributed by atoms with E-state index in [0.717, 1.165) is 43.4 Å². The summed E-state index contributed by atoms with van der Waals surface area (Å²) in [6.45, 7) is 5.12. The van der Waals surface area contributed by atoms with Crippen LogP contribution in [0.3, 0.4) is 0 Å². The van der Waals surface area contributed by atoms with Crippen molar-refractivity contribution in [2.75, 3.05) is 24.6 Å².